The van der Waals surface area contributed by atoms with Crippen LogP contribution in [0.4, 0.5) is 10.5 Å². The van der Waals surface area contributed by atoms with Gasteiger partial charge in [0.2, 0.25) is 0 Å². The Labute approximate surface area is 117 Å². The summed E-state index contributed by atoms with van der Waals surface area (Å²) < 4.78 is 0. The van der Waals surface area contributed by atoms with Gasteiger partial charge in [0.25, 0.3) is 0 Å². The van der Waals surface area contributed by atoms with Gasteiger partial charge in [0.05, 0.1) is 0 Å². The molecule has 0 atom stereocenters. The number of aryl methyl sites for hydroxylation is 1. The first-order valence-electron chi connectivity index (χ1n) is 5.99. The Balaban J connectivity index is 1.86. The van der Waals surface area contributed by atoms with Crippen molar-refractivity contribution in [2.75, 3.05) is 5.32 Å². The average molecular weight is 275 g/mol. The van der Waals surface area contributed by atoms with Crippen molar-refractivity contribution in [3.05, 3.63) is 64.7 Å². The third kappa shape index (κ3) is 4.30. The van der Waals surface area contributed by atoms with Crippen LogP contribution < -0.4 is 10.6 Å². The number of amides is 2. The van der Waals surface area contributed by atoms with Gasteiger partial charge in [-0.15, -0.1) is 0 Å². The second-order valence-corrected chi connectivity index (χ2v) is 4.74. The molecule has 0 bridgehead atoms. The highest BCUT2D eigenvalue weighted by Crippen LogP contribution is 2.11. The summed E-state index contributed by atoms with van der Waals surface area (Å²) in [7, 11) is 0. The van der Waals surface area contributed by atoms with E-state index in [0.29, 0.717) is 11.6 Å². The molecular weight excluding hydrogens is 260 g/mol. The molecule has 0 aliphatic carbocycles. The maximum Gasteiger partial charge on any atom is 0.319 e. The molecule has 0 aromatic heterocycles. The van der Waals surface area contributed by atoms with Gasteiger partial charge in [-0.1, -0.05) is 41.4 Å². The lowest BCUT2D eigenvalue weighted by Crippen LogP contribution is -2.28. The fourth-order valence-corrected chi connectivity index (χ4v) is 1.85. The monoisotopic (exact) mass is 274 g/mol. The predicted molar refractivity (Wildman–Crippen MR) is 78.5 cm³/mol. The van der Waals surface area contributed by atoms with Crippen LogP contribution in [0.25, 0.3) is 0 Å². The molecule has 98 valence electrons. The molecule has 0 heterocycles. The van der Waals surface area contributed by atoms with Gasteiger partial charge in [0.1, 0.15) is 0 Å². The summed E-state index contributed by atoms with van der Waals surface area (Å²) in [5, 5.41) is 6.22. The van der Waals surface area contributed by atoms with Crippen LogP contribution in [0.5, 0.6) is 0 Å². The van der Waals surface area contributed by atoms with Crippen LogP contribution in [-0.2, 0) is 6.54 Å². The number of anilines is 1. The van der Waals surface area contributed by atoms with Gasteiger partial charge in [0.15, 0.2) is 0 Å². The summed E-state index contributed by atoms with van der Waals surface area (Å²) in [5.41, 5.74) is 2.89. The highest BCUT2D eigenvalue weighted by molar-refractivity contribution is 6.30. The Hall–Kier alpha value is -2.00. The van der Waals surface area contributed by atoms with Crippen LogP contribution in [0.3, 0.4) is 0 Å². The Kier molecular flexibility index (Phi) is 4.42. The number of carbonyl (C=O) groups is 1. The van der Waals surface area contributed by atoms with Gasteiger partial charge in [-0.05, 0) is 36.8 Å². The normalized spacial score (nSPS) is 10.0. The predicted octanol–water partition coefficient (Wildman–Crippen LogP) is 3.97. The number of hydrogen-bond donors (Lipinski definition) is 2. The zero-order chi connectivity index (χ0) is 13.7. The van der Waals surface area contributed by atoms with Gasteiger partial charge < -0.3 is 10.6 Å². The molecule has 4 heteroatoms. The first-order valence-corrected chi connectivity index (χ1v) is 6.37. The van der Waals surface area contributed by atoms with Crippen LogP contribution in [0, 0.1) is 6.92 Å². The van der Waals surface area contributed by atoms with Gasteiger partial charge in [-0.25, -0.2) is 4.79 Å². The molecule has 0 saturated heterocycles. The summed E-state index contributed by atoms with van der Waals surface area (Å²) in [5.74, 6) is 0. The standard InChI is InChI=1S/C15H15ClN2O/c1-11-5-7-14(8-6-11)18-15(19)17-10-12-3-2-4-13(16)9-12/h2-9H,10H2,1H3,(H2,17,18,19). The third-order valence-electron chi connectivity index (χ3n) is 2.65. The van der Waals surface area contributed by atoms with E-state index in [0.717, 1.165) is 16.8 Å². The van der Waals surface area contributed by atoms with Crippen LogP contribution in [0.1, 0.15) is 11.1 Å². The lowest BCUT2D eigenvalue weighted by Gasteiger charge is -2.08. The van der Waals surface area contributed by atoms with E-state index in [1.54, 1.807) is 6.07 Å². The van der Waals surface area contributed by atoms with Crippen LogP contribution in [0.2, 0.25) is 5.02 Å². The molecule has 0 aliphatic heterocycles. The molecule has 2 aromatic rings. The summed E-state index contributed by atoms with van der Waals surface area (Å²) in [6, 6.07) is 14.8. The van der Waals surface area contributed by atoms with Crippen molar-refractivity contribution < 1.29 is 4.79 Å². The van der Waals surface area contributed by atoms with E-state index in [2.05, 4.69) is 10.6 Å². The van der Waals surface area contributed by atoms with Gasteiger partial charge in [-0.3, -0.25) is 0 Å². The quantitative estimate of drug-likeness (QED) is 0.874. The molecule has 2 amide bonds. The Morgan fingerprint density at radius 3 is 2.58 bits per heavy atom. The fourth-order valence-electron chi connectivity index (χ4n) is 1.64. The maximum atomic E-state index is 11.7. The smallest absolute Gasteiger partial charge is 0.319 e. The second-order valence-electron chi connectivity index (χ2n) is 4.30. The van der Waals surface area contributed by atoms with E-state index in [4.69, 9.17) is 11.6 Å². The van der Waals surface area contributed by atoms with E-state index >= 15 is 0 Å². The number of halogens is 1. The topological polar surface area (TPSA) is 41.1 Å². The zero-order valence-electron chi connectivity index (χ0n) is 10.6. The fraction of sp³-hybridized carbons (Fsp3) is 0.133. The number of nitrogens with one attached hydrogen (secondary N) is 2. The molecule has 19 heavy (non-hydrogen) atoms. The second kappa shape index (κ2) is 6.25. The number of hydrogen-bond acceptors (Lipinski definition) is 1. The molecule has 0 saturated carbocycles. The summed E-state index contributed by atoms with van der Waals surface area (Å²) in [6.07, 6.45) is 0. The molecule has 0 aliphatic rings. The number of benzene rings is 2. The first-order chi connectivity index (χ1) is 9.13. The molecule has 3 nitrogen and oxygen atoms in total. The van der Waals surface area contributed by atoms with Crippen LogP contribution in [0.15, 0.2) is 48.5 Å². The lowest BCUT2D eigenvalue weighted by atomic mass is 10.2. The Bertz CT molecular complexity index is 567. The minimum atomic E-state index is -0.233. The number of carbonyl (C=O) groups excluding carboxylic acids is 1. The summed E-state index contributed by atoms with van der Waals surface area (Å²) >= 11 is 5.88. The highest BCUT2D eigenvalue weighted by Gasteiger charge is 2.01. The van der Waals surface area contributed by atoms with Crippen LogP contribution in [-0.4, -0.2) is 6.03 Å². The van der Waals surface area contributed by atoms with Crippen molar-refractivity contribution in [1.29, 1.82) is 0 Å². The van der Waals surface area contributed by atoms with Gasteiger partial charge >= 0.3 is 6.03 Å². The maximum absolute atomic E-state index is 11.7. The minimum absolute atomic E-state index is 0.233. The first kappa shape index (κ1) is 13.4. The molecule has 2 aromatic carbocycles. The van der Waals surface area contributed by atoms with E-state index in [9.17, 15) is 4.79 Å². The van der Waals surface area contributed by atoms with Crippen molar-refractivity contribution in [2.45, 2.75) is 13.5 Å². The zero-order valence-corrected chi connectivity index (χ0v) is 11.4. The average Bonchev–Trinajstić information content (AvgIpc) is 2.39. The Morgan fingerprint density at radius 2 is 1.89 bits per heavy atom. The van der Waals surface area contributed by atoms with E-state index < -0.39 is 0 Å². The summed E-state index contributed by atoms with van der Waals surface area (Å²) in [6.45, 7) is 2.45. The third-order valence-corrected chi connectivity index (χ3v) is 2.89. The SMILES string of the molecule is Cc1ccc(NC(=O)NCc2cccc(Cl)c2)cc1. The van der Waals surface area contributed by atoms with Crippen molar-refractivity contribution in [3.8, 4) is 0 Å². The molecular formula is C15H15ClN2O. The largest absolute Gasteiger partial charge is 0.334 e. The molecule has 2 rings (SSSR count). The highest BCUT2D eigenvalue weighted by atomic mass is 35.5. The van der Waals surface area contributed by atoms with Gasteiger partial charge in [-0.2, -0.15) is 0 Å². The van der Waals surface area contributed by atoms with Gasteiger partial charge in [0, 0.05) is 17.3 Å². The van der Waals surface area contributed by atoms with Crippen molar-refractivity contribution in [3.63, 3.8) is 0 Å². The van der Waals surface area contributed by atoms with E-state index in [-0.39, 0.29) is 6.03 Å². The van der Waals surface area contributed by atoms with Crippen molar-refractivity contribution in [2.24, 2.45) is 0 Å². The van der Waals surface area contributed by atoms with Crippen molar-refractivity contribution >= 4 is 23.3 Å². The summed E-state index contributed by atoms with van der Waals surface area (Å²) in [4.78, 5) is 11.7. The lowest BCUT2D eigenvalue weighted by molar-refractivity contribution is 0.251. The van der Waals surface area contributed by atoms with Crippen LogP contribution >= 0.6 is 11.6 Å². The Morgan fingerprint density at radius 1 is 1.16 bits per heavy atom. The van der Waals surface area contributed by atoms with E-state index in [1.807, 2.05) is 49.4 Å². The molecule has 0 spiro atoms. The minimum Gasteiger partial charge on any atom is -0.334 e. The van der Waals surface area contributed by atoms with E-state index in [1.165, 1.54) is 0 Å². The number of rotatable bonds is 3. The molecule has 0 fully saturated rings. The number of urea groups is 1. The molecule has 2 N–H and O–H groups in total. The molecule has 0 radical (unpaired) electrons. The van der Waals surface area contributed by atoms with Crippen molar-refractivity contribution in [1.82, 2.24) is 5.32 Å². The molecule has 0 unspecified atom stereocenters.